The Morgan fingerprint density at radius 3 is 2.61 bits per heavy atom. The van der Waals surface area contributed by atoms with Crippen molar-refractivity contribution >= 4 is 27.7 Å². The van der Waals surface area contributed by atoms with E-state index in [2.05, 4.69) is 48.0 Å². The van der Waals surface area contributed by atoms with Crippen LogP contribution in [0.2, 0.25) is 0 Å². The Hall–Kier alpha value is -0.800. The summed E-state index contributed by atoms with van der Waals surface area (Å²) in [6.07, 6.45) is 0. The molecule has 3 heteroatoms. The van der Waals surface area contributed by atoms with Crippen LogP contribution in [0.4, 0.5) is 4.39 Å². The van der Waals surface area contributed by atoms with E-state index in [4.69, 9.17) is 0 Å². The standard InChI is InChI=1S/C15H14BrFS/c1-10-6-7-13(8-11(10)2)18-9-12-4-3-5-14(17)15(12)16/h3-8H,9H2,1-2H3. The number of hydrogen-bond donors (Lipinski definition) is 0. The minimum atomic E-state index is -0.201. The van der Waals surface area contributed by atoms with E-state index in [-0.39, 0.29) is 5.82 Å². The summed E-state index contributed by atoms with van der Waals surface area (Å²) < 4.78 is 13.9. The van der Waals surface area contributed by atoms with Gasteiger partial charge in [0.2, 0.25) is 0 Å². The molecule has 0 aromatic heterocycles. The molecule has 0 fully saturated rings. The minimum absolute atomic E-state index is 0.201. The van der Waals surface area contributed by atoms with Gasteiger partial charge in [0, 0.05) is 10.6 Å². The molecule has 0 aliphatic heterocycles. The number of halogens is 2. The first-order chi connectivity index (χ1) is 8.58. The van der Waals surface area contributed by atoms with E-state index in [9.17, 15) is 4.39 Å². The second kappa shape index (κ2) is 5.89. The second-order valence-corrected chi connectivity index (χ2v) is 6.09. The highest BCUT2D eigenvalue weighted by atomic mass is 79.9. The van der Waals surface area contributed by atoms with Crippen LogP contribution in [-0.2, 0) is 5.75 Å². The molecule has 0 N–H and O–H groups in total. The maximum atomic E-state index is 13.4. The van der Waals surface area contributed by atoms with Gasteiger partial charge < -0.3 is 0 Å². The van der Waals surface area contributed by atoms with Crippen LogP contribution in [0, 0.1) is 19.7 Å². The summed E-state index contributed by atoms with van der Waals surface area (Å²) in [4.78, 5) is 1.22. The van der Waals surface area contributed by atoms with Gasteiger partial charge in [-0.05, 0) is 64.7 Å². The van der Waals surface area contributed by atoms with Gasteiger partial charge in [-0.2, -0.15) is 0 Å². The van der Waals surface area contributed by atoms with Crippen molar-refractivity contribution in [1.82, 2.24) is 0 Å². The van der Waals surface area contributed by atoms with Crippen LogP contribution in [-0.4, -0.2) is 0 Å². The third-order valence-corrected chi connectivity index (χ3v) is 4.83. The lowest BCUT2D eigenvalue weighted by molar-refractivity contribution is 0.619. The van der Waals surface area contributed by atoms with Crippen molar-refractivity contribution in [2.75, 3.05) is 0 Å². The van der Waals surface area contributed by atoms with Crippen molar-refractivity contribution in [3.63, 3.8) is 0 Å². The van der Waals surface area contributed by atoms with Crippen molar-refractivity contribution in [3.05, 3.63) is 63.4 Å². The van der Waals surface area contributed by atoms with Gasteiger partial charge in [-0.3, -0.25) is 0 Å². The first-order valence-electron chi connectivity index (χ1n) is 5.71. The van der Waals surface area contributed by atoms with E-state index in [1.165, 1.54) is 22.1 Å². The van der Waals surface area contributed by atoms with Crippen LogP contribution >= 0.6 is 27.7 Å². The molecule has 2 aromatic carbocycles. The Bertz CT molecular complexity index is 566. The van der Waals surface area contributed by atoms with Crippen LogP contribution in [0.15, 0.2) is 45.8 Å². The molecule has 0 saturated carbocycles. The molecule has 0 spiro atoms. The van der Waals surface area contributed by atoms with Gasteiger partial charge in [-0.15, -0.1) is 11.8 Å². The highest BCUT2D eigenvalue weighted by Crippen LogP contribution is 2.29. The summed E-state index contributed by atoms with van der Waals surface area (Å²) in [7, 11) is 0. The molecule has 0 aliphatic carbocycles. The van der Waals surface area contributed by atoms with Crippen LogP contribution in [0.1, 0.15) is 16.7 Å². The van der Waals surface area contributed by atoms with E-state index < -0.39 is 0 Å². The smallest absolute Gasteiger partial charge is 0.137 e. The molecule has 0 radical (unpaired) electrons. The largest absolute Gasteiger partial charge is 0.206 e. The quantitative estimate of drug-likeness (QED) is 0.672. The molecule has 2 aromatic rings. The normalized spacial score (nSPS) is 10.7. The van der Waals surface area contributed by atoms with Crippen molar-refractivity contribution in [3.8, 4) is 0 Å². The van der Waals surface area contributed by atoms with E-state index in [0.29, 0.717) is 4.47 Å². The summed E-state index contributed by atoms with van der Waals surface area (Å²) >= 11 is 5.01. The summed E-state index contributed by atoms with van der Waals surface area (Å²) in [5.74, 6) is 0.564. The number of aryl methyl sites for hydroxylation is 2. The summed E-state index contributed by atoms with van der Waals surface area (Å²) in [6, 6.07) is 11.6. The fraction of sp³-hybridized carbons (Fsp3) is 0.200. The average molecular weight is 325 g/mol. The van der Waals surface area contributed by atoms with Gasteiger partial charge in [0.25, 0.3) is 0 Å². The molecule has 0 nitrogen and oxygen atoms in total. The van der Waals surface area contributed by atoms with E-state index in [1.807, 2.05) is 6.07 Å². The Morgan fingerprint density at radius 2 is 1.89 bits per heavy atom. The van der Waals surface area contributed by atoms with Crippen molar-refractivity contribution in [2.45, 2.75) is 24.5 Å². The van der Waals surface area contributed by atoms with Gasteiger partial charge in [0.1, 0.15) is 5.82 Å². The first kappa shape index (κ1) is 13.6. The summed E-state index contributed by atoms with van der Waals surface area (Å²) in [5, 5.41) is 0. The molecule has 0 saturated heterocycles. The molecule has 0 unspecified atom stereocenters. The molecule has 0 aliphatic rings. The molecular formula is C15H14BrFS. The van der Waals surface area contributed by atoms with Crippen molar-refractivity contribution in [1.29, 1.82) is 0 Å². The SMILES string of the molecule is Cc1ccc(SCc2cccc(F)c2Br)cc1C. The first-order valence-corrected chi connectivity index (χ1v) is 7.48. The maximum absolute atomic E-state index is 13.4. The number of thioether (sulfide) groups is 1. The molecule has 94 valence electrons. The third-order valence-electron chi connectivity index (χ3n) is 2.90. The topological polar surface area (TPSA) is 0 Å². The molecule has 0 amide bonds. The predicted octanol–water partition coefficient (Wildman–Crippen LogP) is 5.50. The minimum Gasteiger partial charge on any atom is -0.206 e. The lowest BCUT2D eigenvalue weighted by Crippen LogP contribution is -1.87. The molecule has 18 heavy (non-hydrogen) atoms. The fourth-order valence-electron chi connectivity index (χ4n) is 1.62. The molecule has 0 heterocycles. The zero-order chi connectivity index (χ0) is 13.1. The number of hydrogen-bond acceptors (Lipinski definition) is 1. The summed E-state index contributed by atoms with van der Waals surface area (Å²) in [6.45, 7) is 4.21. The predicted molar refractivity (Wildman–Crippen MR) is 79.6 cm³/mol. The zero-order valence-electron chi connectivity index (χ0n) is 10.3. The van der Waals surface area contributed by atoms with Gasteiger partial charge in [0.05, 0.1) is 4.47 Å². The van der Waals surface area contributed by atoms with Gasteiger partial charge >= 0.3 is 0 Å². The molecule has 0 atom stereocenters. The van der Waals surface area contributed by atoms with Gasteiger partial charge in [-0.25, -0.2) is 4.39 Å². The molecule has 0 bridgehead atoms. The average Bonchev–Trinajstić information content (AvgIpc) is 2.35. The van der Waals surface area contributed by atoms with E-state index >= 15 is 0 Å². The van der Waals surface area contributed by atoms with Crippen molar-refractivity contribution < 1.29 is 4.39 Å². The Labute approximate surface area is 120 Å². The van der Waals surface area contributed by atoms with Crippen LogP contribution < -0.4 is 0 Å². The fourth-order valence-corrected chi connectivity index (χ4v) is 3.20. The summed E-state index contributed by atoms with van der Waals surface area (Å²) in [5.41, 5.74) is 3.57. The Morgan fingerprint density at radius 1 is 1.11 bits per heavy atom. The van der Waals surface area contributed by atoms with Crippen molar-refractivity contribution in [2.24, 2.45) is 0 Å². The molecular weight excluding hydrogens is 311 g/mol. The van der Waals surface area contributed by atoms with Gasteiger partial charge in [0.15, 0.2) is 0 Å². The van der Waals surface area contributed by atoms with Crippen LogP contribution in [0.3, 0.4) is 0 Å². The van der Waals surface area contributed by atoms with E-state index in [0.717, 1.165) is 11.3 Å². The monoisotopic (exact) mass is 324 g/mol. The number of benzene rings is 2. The van der Waals surface area contributed by atoms with Crippen LogP contribution in [0.25, 0.3) is 0 Å². The Kier molecular flexibility index (Phi) is 4.46. The highest BCUT2D eigenvalue weighted by molar-refractivity contribution is 9.10. The van der Waals surface area contributed by atoms with E-state index in [1.54, 1.807) is 17.8 Å². The number of rotatable bonds is 3. The second-order valence-electron chi connectivity index (χ2n) is 4.25. The van der Waals surface area contributed by atoms with Gasteiger partial charge in [-0.1, -0.05) is 18.2 Å². The zero-order valence-corrected chi connectivity index (χ0v) is 12.7. The lowest BCUT2D eigenvalue weighted by atomic mass is 10.1. The Balaban J connectivity index is 2.11. The lowest BCUT2D eigenvalue weighted by Gasteiger charge is -2.07. The highest BCUT2D eigenvalue weighted by Gasteiger charge is 2.06. The molecule has 2 rings (SSSR count). The maximum Gasteiger partial charge on any atom is 0.137 e. The van der Waals surface area contributed by atoms with Crippen LogP contribution in [0.5, 0.6) is 0 Å². The third kappa shape index (κ3) is 3.15.